The van der Waals surface area contributed by atoms with Crippen LogP contribution in [0.25, 0.3) is 5.57 Å². The predicted molar refractivity (Wildman–Crippen MR) is 124 cm³/mol. The summed E-state index contributed by atoms with van der Waals surface area (Å²) in [5.41, 5.74) is 1.00. The number of hydrogen-bond acceptors (Lipinski definition) is 4. The fourth-order valence-electron chi connectivity index (χ4n) is 4.85. The van der Waals surface area contributed by atoms with Gasteiger partial charge in [-0.1, -0.05) is 18.2 Å². The number of benzene rings is 2. The summed E-state index contributed by atoms with van der Waals surface area (Å²) in [6, 6.07) is 8.66. The van der Waals surface area contributed by atoms with Gasteiger partial charge >= 0.3 is 6.18 Å². The molecule has 0 aromatic heterocycles. The van der Waals surface area contributed by atoms with E-state index in [0.717, 1.165) is 23.3 Å². The molecule has 3 N–H and O–H groups in total. The zero-order valence-electron chi connectivity index (χ0n) is 18.9. The highest BCUT2D eigenvalue weighted by atomic mass is 19.4. The molecule has 1 atom stereocenters. The molecule has 1 heterocycles. The summed E-state index contributed by atoms with van der Waals surface area (Å²) >= 11 is 0. The van der Waals surface area contributed by atoms with Crippen molar-refractivity contribution < 1.29 is 33.0 Å². The highest BCUT2D eigenvalue weighted by molar-refractivity contribution is 6.08. The van der Waals surface area contributed by atoms with Gasteiger partial charge in [0.15, 0.2) is 0 Å². The van der Waals surface area contributed by atoms with Crippen LogP contribution in [0.15, 0.2) is 42.5 Å². The number of aliphatic hydroxyl groups excluding tert-OH is 1. The van der Waals surface area contributed by atoms with E-state index in [1.54, 1.807) is 6.07 Å². The van der Waals surface area contributed by atoms with Crippen LogP contribution in [0.2, 0.25) is 0 Å². The van der Waals surface area contributed by atoms with Crippen LogP contribution in [0.3, 0.4) is 0 Å². The van der Waals surface area contributed by atoms with E-state index in [4.69, 9.17) is 0 Å². The molecule has 9 heteroatoms. The minimum atomic E-state index is -4.60. The Labute approximate surface area is 200 Å². The molecule has 35 heavy (non-hydrogen) atoms. The number of carbonyl (C=O) groups excluding carboxylic acids is 2. The fraction of sp³-hybridized carbons (Fsp3) is 0.385. The van der Waals surface area contributed by atoms with Crippen molar-refractivity contribution in [3.8, 4) is 0 Å². The fourth-order valence-corrected chi connectivity index (χ4v) is 4.85. The quantitative estimate of drug-likeness (QED) is 0.576. The normalized spacial score (nSPS) is 21.8. The first kappa shape index (κ1) is 23.6. The Kier molecular flexibility index (Phi) is 5.72. The Bertz CT molecular complexity index is 1230. The number of nitrogens with one attached hydrogen (secondary N) is 1. The predicted octanol–water partition coefficient (Wildman–Crippen LogP) is 3.84. The molecule has 3 aliphatic rings. The number of fused-ring (bicyclic) bond motifs is 2. The lowest BCUT2D eigenvalue weighted by Crippen LogP contribution is -2.43. The Morgan fingerprint density at radius 1 is 1.14 bits per heavy atom. The van der Waals surface area contributed by atoms with E-state index in [9.17, 15) is 33.0 Å². The molecule has 2 aromatic carbocycles. The number of amides is 2. The molecule has 184 valence electrons. The zero-order chi connectivity index (χ0) is 25.0. The summed E-state index contributed by atoms with van der Waals surface area (Å²) in [6.07, 6.45) is -1.12. The Balaban J connectivity index is 1.46. The molecule has 0 bridgehead atoms. The van der Waals surface area contributed by atoms with Crippen LogP contribution >= 0.6 is 0 Å². The molecular weight excluding hydrogens is 461 g/mol. The van der Waals surface area contributed by atoms with Gasteiger partial charge in [-0.2, -0.15) is 13.2 Å². The first-order valence-electron chi connectivity index (χ1n) is 11.6. The van der Waals surface area contributed by atoms with Crippen LogP contribution in [-0.2, 0) is 28.6 Å². The number of halogens is 3. The Morgan fingerprint density at radius 3 is 2.63 bits per heavy atom. The maximum atomic E-state index is 13.4. The summed E-state index contributed by atoms with van der Waals surface area (Å²) in [6.45, 7) is 0.0570. The summed E-state index contributed by atoms with van der Waals surface area (Å²) < 4.78 is 40.2. The first-order valence-corrected chi connectivity index (χ1v) is 11.6. The number of aliphatic hydroxyl groups is 2. The van der Waals surface area contributed by atoms with E-state index in [1.165, 1.54) is 17.0 Å². The van der Waals surface area contributed by atoms with Crippen molar-refractivity contribution in [2.24, 2.45) is 0 Å². The number of alkyl halides is 3. The van der Waals surface area contributed by atoms with Crippen molar-refractivity contribution >= 4 is 28.8 Å². The summed E-state index contributed by atoms with van der Waals surface area (Å²) in [5, 5.41) is 23.2. The van der Waals surface area contributed by atoms with Crippen molar-refractivity contribution in [3.63, 3.8) is 0 Å². The monoisotopic (exact) mass is 486 g/mol. The van der Waals surface area contributed by atoms with Gasteiger partial charge in [-0.3, -0.25) is 9.59 Å². The van der Waals surface area contributed by atoms with Crippen LogP contribution in [0, 0.1) is 0 Å². The molecule has 0 spiro atoms. The number of anilines is 2. The lowest BCUT2D eigenvalue weighted by molar-refractivity contribution is -0.137. The van der Waals surface area contributed by atoms with Gasteiger partial charge in [0.1, 0.15) is 5.60 Å². The molecule has 6 nitrogen and oxygen atoms in total. The van der Waals surface area contributed by atoms with Crippen LogP contribution in [0.1, 0.15) is 47.9 Å². The Hall–Kier alpha value is -3.17. The van der Waals surface area contributed by atoms with E-state index in [0.29, 0.717) is 36.1 Å². The minimum absolute atomic E-state index is 0.0377. The average Bonchev–Trinajstić information content (AvgIpc) is 3.57. The standard InChI is InChI=1S/C26H25F3N2O4/c27-26(28,29)17-5-7-19-16(8-11-31(22(19)13-17)24(34)25(35)9-10-25)12-23(33)30-21-3-1-2-15-4-6-18(32)14-20(15)21/h1-3,5,7,12-13,18,32,35H,4,6,8-11,14H2,(H,30,33). The third-order valence-electron chi connectivity index (χ3n) is 6.96. The molecule has 1 fully saturated rings. The van der Waals surface area contributed by atoms with Crippen LogP contribution in [0.5, 0.6) is 0 Å². The number of hydrogen-bond donors (Lipinski definition) is 3. The van der Waals surface area contributed by atoms with Crippen LogP contribution < -0.4 is 10.2 Å². The molecule has 2 aromatic rings. The first-order chi connectivity index (χ1) is 16.5. The van der Waals surface area contributed by atoms with E-state index >= 15 is 0 Å². The SMILES string of the molecule is O=C(C=C1CCN(C(=O)C2(O)CC2)c2cc(C(F)(F)F)ccc21)Nc1cccc2c1CC(O)CC2. The summed E-state index contributed by atoms with van der Waals surface area (Å²) in [7, 11) is 0. The van der Waals surface area contributed by atoms with Crippen molar-refractivity contribution in [2.75, 3.05) is 16.8 Å². The largest absolute Gasteiger partial charge is 0.416 e. The highest BCUT2D eigenvalue weighted by Gasteiger charge is 2.51. The van der Waals surface area contributed by atoms with E-state index < -0.39 is 35.3 Å². The third kappa shape index (κ3) is 4.58. The third-order valence-corrected chi connectivity index (χ3v) is 6.96. The molecule has 2 aliphatic carbocycles. The minimum Gasteiger partial charge on any atom is -0.393 e. The molecule has 1 unspecified atom stereocenters. The van der Waals surface area contributed by atoms with Gasteiger partial charge in [-0.15, -0.1) is 0 Å². The van der Waals surface area contributed by atoms with Crippen molar-refractivity contribution in [1.29, 1.82) is 0 Å². The van der Waals surface area contributed by atoms with Gasteiger partial charge in [-0.05, 0) is 67.0 Å². The molecule has 0 saturated heterocycles. The van der Waals surface area contributed by atoms with Crippen molar-refractivity contribution in [3.05, 3.63) is 64.7 Å². The second-order valence-electron chi connectivity index (χ2n) is 9.47. The number of aryl methyl sites for hydroxylation is 1. The van der Waals surface area contributed by atoms with Gasteiger partial charge < -0.3 is 20.4 Å². The van der Waals surface area contributed by atoms with Crippen LogP contribution in [0.4, 0.5) is 24.5 Å². The lowest BCUT2D eigenvalue weighted by Gasteiger charge is -2.33. The van der Waals surface area contributed by atoms with Gasteiger partial charge in [0, 0.05) is 30.3 Å². The second kappa shape index (κ2) is 8.49. The van der Waals surface area contributed by atoms with Crippen molar-refractivity contribution in [2.45, 2.75) is 56.4 Å². The Morgan fingerprint density at radius 2 is 1.91 bits per heavy atom. The highest BCUT2D eigenvalue weighted by Crippen LogP contribution is 2.44. The lowest BCUT2D eigenvalue weighted by atomic mass is 9.88. The maximum absolute atomic E-state index is 13.4. The molecule has 5 rings (SSSR count). The average molecular weight is 486 g/mol. The maximum Gasteiger partial charge on any atom is 0.416 e. The smallest absolute Gasteiger partial charge is 0.393 e. The van der Waals surface area contributed by atoms with Gasteiger partial charge in [0.25, 0.3) is 5.91 Å². The van der Waals surface area contributed by atoms with E-state index in [-0.39, 0.29) is 31.5 Å². The molecule has 0 radical (unpaired) electrons. The van der Waals surface area contributed by atoms with Gasteiger partial charge in [0.2, 0.25) is 5.91 Å². The van der Waals surface area contributed by atoms with E-state index in [2.05, 4.69) is 5.32 Å². The van der Waals surface area contributed by atoms with Crippen LogP contribution in [-0.4, -0.2) is 40.3 Å². The zero-order valence-corrected chi connectivity index (χ0v) is 18.9. The molecule has 1 saturated carbocycles. The summed E-state index contributed by atoms with van der Waals surface area (Å²) in [4.78, 5) is 26.9. The molecule has 2 amide bonds. The molecular formula is C26H25F3N2O4. The number of rotatable bonds is 3. The number of carbonyl (C=O) groups is 2. The number of nitrogens with zero attached hydrogens (tertiary/aromatic N) is 1. The second-order valence-corrected chi connectivity index (χ2v) is 9.47. The van der Waals surface area contributed by atoms with Crippen molar-refractivity contribution in [1.82, 2.24) is 0 Å². The van der Waals surface area contributed by atoms with E-state index in [1.807, 2.05) is 12.1 Å². The van der Waals surface area contributed by atoms with Gasteiger partial charge in [0.05, 0.1) is 17.4 Å². The molecule has 1 aliphatic heterocycles. The van der Waals surface area contributed by atoms with Gasteiger partial charge in [-0.25, -0.2) is 0 Å². The summed E-state index contributed by atoms with van der Waals surface area (Å²) in [5.74, 6) is -1.06. The topological polar surface area (TPSA) is 89.9 Å².